The van der Waals surface area contributed by atoms with Crippen LogP contribution in [-0.2, 0) is 12.8 Å². The summed E-state index contributed by atoms with van der Waals surface area (Å²) in [4.78, 5) is 19.7. The lowest BCUT2D eigenvalue weighted by Gasteiger charge is -2.09. The molecule has 4 aromatic rings. The van der Waals surface area contributed by atoms with Gasteiger partial charge in [0.05, 0.1) is 5.39 Å². The van der Waals surface area contributed by atoms with Gasteiger partial charge in [-0.15, -0.1) is 21.1 Å². The van der Waals surface area contributed by atoms with Crippen LogP contribution in [0.1, 0.15) is 23.3 Å². The maximum absolute atomic E-state index is 12.9. The van der Waals surface area contributed by atoms with E-state index in [4.69, 9.17) is 0 Å². The second-order valence-corrected chi connectivity index (χ2v) is 6.32. The molecule has 0 aliphatic heterocycles. The first-order valence-electron chi connectivity index (χ1n) is 6.87. The summed E-state index contributed by atoms with van der Waals surface area (Å²) in [5.41, 5.74) is 2.21. The van der Waals surface area contributed by atoms with E-state index >= 15 is 0 Å². The van der Waals surface area contributed by atoms with Crippen LogP contribution in [0.4, 0.5) is 0 Å². The fourth-order valence-corrected chi connectivity index (χ4v) is 4.34. The monoisotopic (exact) mass is 298 g/mol. The molecule has 21 heavy (non-hydrogen) atoms. The van der Waals surface area contributed by atoms with Gasteiger partial charge in [0.2, 0.25) is 0 Å². The van der Waals surface area contributed by atoms with Gasteiger partial charge < -0.3 is 0 Å². The fourth-order valence-electron chi connectivity index (χ4n) is 3.08. The van der Waals surface area contributed by atoms with Crippen LogP contribution in [0, 0.1) is 0 Å². The van der Waals surface area contributed by atoms with Crippen molar-refractivity contribution in [3.05, 3.63) is 32.9 Å². The number of rotatable bonds is 0. The molecule has 5 rings (SSSR count). The van der Waals surface area contributed by atoms with Gasteiger partial charge in [-0.1, -0.05) is 0 Å². The number of nitrogens with zero attached hydrogens (tertiary/aromatic N) is 6. The molecule has 7 nitrogen and oxygen atoms in total. The fraction of sp³-hybridized carbons (Fsp3) is 0.308. The summed E-state index contributed by atoms with van der Waals surface area (Å²) in [6.45, 7) is 0. The van der Waals surface area contributed by atoms with Crippen LogP contribution in [-0.4, -0.2) is 29.7 Å². The maximum atomic E-state index is 12.9. The molecule has 0 bridgehead atoms. The highest BCUT2D eigenvalue weighted by Crippen LogP contribution is 2.33. The van der Waals surface area contributed by atoms with Crippen molar-refractivity contribution in [3.63, 3.8) is 0 Å². The molecule has 0 unspecified atom stereocenters. The highest BCUT2D eigenvalue weighted by Gasteiger charge is 2.21. The molecule has 0 amide bonds. The summed E-state index contributed by atoms with van der Waals surface area (Å²) in [5, 5.41) is 12.1. The van der Waals surface area contributed by atoms with E-state index in [0.29, 0.717) is 11.3 Å². The van der Waals surface area contributed by atoms with Gasteiger partial charge in [0.1, 0.15) is 4.83 Å². The van der Waals surface area contributed by atoms with E-state index in [2.05, 4.69) is 20.5 Å². The summed E-state index contributed by atoms with van der Waals surface area (Å²) in [7, 11) is 0. The second-order valence-electron chi connectivity index (χ2n) is 5.24. The molecule has 0 saturated carbocycles. The summed E-state index contributed by atoms with van der Waals surface area (Å²) in [5.74, 6) is 0. The average Bonchev–Trinajstić information content (AvgIpc) is 3.10. The van der Waals surface area contributed by atoms with E-state index in [-0.39, 0.29) is 5.56 Å². The first-order chi connectivity index (χ1) is 10.3. The summed E-state index contributed by atoms with van der Waals surface area (Å²) in [6.07, 6.45) is 4.34. The Hall–Kier alpha value is -2.35. The first kappa shape index (κ1) is 11.3. The minimum absolute atomic E-state index is 0.0766. The third kappa shape index (κ3) is 1.40. The standard InChI is InChI=1S/C13H10N6OS/c20-13-11-7-3-1-2-4-8(7)21-12(11)14-9-5-6-10-15-16-17-19(10)18(9)13/h5-6H,1-4H2. The van der Waals surface area contributed by atoms with Crippen LogP contribution >= 0.6 is 11.3 Å². The molecule has 4 heterocycles. The lowest BCUT2D eigenvalue weighted by Crippen LogP contribution is -2.22. The number of fused-ring (bicyclic) bond motifs is 6. The minimum atomic E-state index is -0.0766. The molecule has 0 radical (unpaired) electrons. The largest absolute Gasteiger partial charge is 0.283 e. The number of tetrazole rings is 1. The van der Waals surface area contributed by atoms with Crippen molar-refractivity contribution in [2.24, 2.45) is 0 Å². The average molecular weight is 298 g/mol. The number of aryl methyl sites for hydroxylation is 2. The maximum Gasteiger partial charge on any atom is 0.283 e. The molecular weight excluding hydrogens is 288 g/mol. The van der Waals surface area contributed by atoms with Gasteiger partial charge in [-0.3, -0.25) is 4.79 Å². The lowest BCUT2D eigenvalue weighted by molar-refractivity contribution is 0.672. The number of thiophene rings is 1. The van der Waals surface area contributed by atoms with Crippen molar-refractivity contribution in [2.75, 3.05) is 0 Å². The Morgan fingerprint density at radius 3 is 2.95 bits per heavy atom. The van der Waals surface area contributed by atoms with Crippen LogP contribution in [0.3, 0.4) is 0 Å². The van der Waals surface area contributed by atoms with Crippen LogP contribution in [0.5, 0.6) is 0 Å². The molecule has 0 N–H and O–H groups in total. The predicted octanol–water partition coefficient (Wildman–Crippen LogP) is 1.23. The van der Waals surface area contributed by atoms with Gasteiger partial charge in [-0.05, 0) is 53.8 Å². The predicted molar refractivity (Wildman–Crippen MR) is 77.8 cm³/mol. The Morgan fingerprint density at radius 1 is 1.14 bits per heavy atom. The Morgan fingerprint density at radius 2 is 2.00 bits per heavy atom. The van der Waals surface area contributed by atoms with E-state index < -0.39 is 0 Å². The van der Waals surface area contributed by atoms with Gasteiger partial charge in [0.25, 0.3) is 5.56 Å². The van der Waals surface area contributed by atoms with Crippen molar-refractivity contribution in [2.45, 2.75) is 25.7 Å². The lowest BCUT2D eigenvalue weighted by atomic mass is 9.97. The second kappa shape index (κ2) is 3.85. The molecule has 1 aliphatic rings. The number of hydrogen-bond acceptors (Lipinski definition) is 6. The zero-order chi connectivity index (χ0) is 14.0. The Balaban J connectivity index is 2.05. The van der Waals surface area contributed by atoms with Crippen molar-refractivity contribution in [3.8, 4) is 0 Å². The number of aromatic nitrogens is 6. The molecule has 0 aromatic carbocycles. The van der Waals surface area contributed by atoms with Crippen LogP contribution in [0.2, 0.25) is 0 Å². The molecule has 0 fully saturated rings. The van der Waals surface area contributed by atoms with Gasteiger partial charge in [0, 0.05) is 4.88 Å². The topological polar surface area (TPSA) is 77.4 Å². The SMILES string of the molecule is O=c1c2c3c(sc2nc2ccc4nnnn4n12)CCCC3. The summed E-state index contributed by atoms with van der Waals surface area (Å²) in [6, 6.07) is 3.55. The molecule has 1 aliphatic carbocycles. The highest BCUT2D eigenvalue weighted by atomic mass is 32.1. The zero-order valence-corrected chi connectivity index (χ0v) is 11.8. The van der Waals surface area contributed by atoms with Gasteiger partial charge in [-0.25, -0.2) is 4.98 Å². The van der Waals surface area contributed by atoms with E-state index in [0.717, 1.165) is 29.5 Å². The van der Waals surface area contributed by atoms with Gasteiger partial charge >= 0.3 is 0 Å². The molecule has 104 valence electrons. The quantitative estimate of drug-likeness (QED) is 0.488. The Bertz CT molecular complexity index is 1080. The van der Waals surface area contributed by atoms with Gasteiger partial charge in [0.15, 0.2) is 11.3 Å². The van der Waals surface area contributed by atoms with Crippen molar-refractivity contribution in [1.29, 1.82) is 0 Å². The third-order valence-electron chi connectivity index (χ3n) is 4.04. The third-order valence-corrected chi connectivity index (χ3v) is 5.23. The van der Waals surface area contributed by atoms with E-state index in [1.807, 2.05) is 0 Å². The minimum Gasteiger partial charge on any atom is -0.267 e. The smallest absolute Gasteiger partial charge is 0.267 e. The first-order valence-corrected chi connectivity index (χ1v) is 7.69. The normalized spacial score (nSPS) is 15.0. The highest BCUT2D eigenvalue weighted by molar-refractivity contribution is 7.18. The van der Waals surface area contributed by atoms with Crippen LogP contribution in [0.25, 0.3) is 21.5 Å². The van der Waals surface area contributed by atoms with Crippen molar-refractivity contribution >= 4 is 32.8 Å². The van der Waals surface area contributed by atoms with Crippen molar-refractivity contribution < 1.29 is 0 Å². The van der Waals surface area contributed by atoms with Crippen molar-refractivity contribution in [1.82, 2.24) is 29.7 Å². The molecule has 4 aromatic heterocycles. The zero-order valence-electron chi connectivity index (χ0n) is 11.0. The van der Waals surface area contributed by atoms with Crippen LogP contribution in [0.15, 0.2) is 16.9 Å². The molecule has 0 saturated heterocycles. The van der Waals surface area contributed by atoms with Crippen LogP contribution < -0.4 is 5.56 Å². The molecule has 8 heteroatoms. The Kier molecular flexibility index (Phi) is 2.08. The van der Waals surface area contributed by atoms with E-state index in [1.54, 1.807) is 23.5 Å². The molecule has 0 spiro atoms. The molecule has 0 atom stereocenters. The number of hydrogen-bond donors (Lipinski definition) is 0. The Labute approximate surface area is 121 Å². The summed E-state index contributed by atoms with van der Waals surface area (Å²) < 4.78 is 2.87. The van der Waals surface area contributed by atoms with E-state index in [9.17, 15) is 4.79 Å². The summed E-state index contributed by atoms with van der Waals surface area (Å²) >= 11 is 1.65. The van der Waals surface area contributed by atoms with E-state index in [1.165, 1.54) is 26.0 Å². The van der Waals surface area contributed by atoms with Gasteiger partial charge in [-0.2, -0.15) is 4.52 Å². The molecular formula is C13H10N6OS.